The maximum atomic E-state index is 12.1. The number of aromatic nitrogens is 3. The van der Waals surface area contributed by atoms with Gasteiger partial charge in [-0.1, -0.05) is 6.07 Å². The predicted molar refractivity (Wildman–Crippen MR) is 95.9 cm³/mol. The van der Waals surface area contributed by atoms with E-state index in [0.717, 1.165) is 5.82 Å². The molecule has 0 amide bonds. The summed E-state index contributed by atoms with van der Waals surface area (Å²) in [6.07, 6.45) is 1.70. The van der Waals surface area contributed by atoms with Crippen LogP contribution in [-0.4, -0.2) is 72.5 Å². The van der Waals surface area contributed by atoms with Crippen LogP contribution in [0.5, 0.6) is 0 Å². The van der Waals surface area contributed by atoms with E-state index in [1.807, 2.05) is 35.2 Å². The van der Waals surface area contributed by atoms with Crippen molar-refractivity contribution in [1.29, 1.82) is 0 Å². The molecule has 25 heavy (non-hydrogen) atoms. The van der Waals surface area contributed by atoms with Crippen LogP contribution in [0.2, 0.25) is 0 Å². The molecule has 0 unspecified atom stereocenters. The van der Waals surface area contributed by atoms with Gasteiger partial charge in [0.15, 0.2) is 11.6 Å². The van der Waals surface area contributed by atoms with E-state index in [0.29, 0.717) is 37.8 Å². The Morgan fingerprint density at radius 3 is 2.32 bits per heavy atom. The van der Waals surface area contributed by atoms with Gasteiger partial charge in [-0.25, -0.2) is 4.98 Å². The van der Waals surface area contributed by atoms with Gasteiger partial charge >= 0.3 is 0 Å². The van der Waals surface area contributed by atoms with Crippen molar-refractivity contribution >= 4 is 27.7 Å². The van der Waals surface area contributed by atoms with Crippen LogP contribution in [0.1, 0.15) is 0 Å². The van der Waals surface area contributed by atoms with E-state index in [1.165, 1.54) is 8.61 Å². The average molecular weight is 363 g/mol. The molecular weight excluding hydrogens is 342 g/mol. The minimum absolute atomic E-state index is 0.427. The summed E-state index contributed by atoms with van der Waals surface area (Å²) < 4.78 is 27.0. The van der Waals surface area contributed by atoms with Crippen LogP contribution >= 0.6 is 0 Å². The van der Waals surface area contributed by atoms with Crippen molar-refractivity contribution in [2.75, 3.05) is 50.5 Å². The maximum Gasteiger partial charge on any atom is 0.281 e. The van der Waals surface area contributed by atoms with Crippen molar-refractivity contribution in [3.8, 4) is 0 Å². The normalized spacial score (nSPS) is 16.2. The minimum atomic E-state index is -3.36. The summed E-state index contributed by atoms with van der Waals surface area (Å²) in [5.74, 6) is 2.04. The number of pyridine rings is 1. The lowest BCUT2D eigenvalue weighted by Gasteiger charge is -2.35. The Kier molecular flexibility index (Phi) is 5.11. The monoisotopic (exact) mass is 363 g/mol. The Labute approximate surface area is 147 Å². The Balaban J connectivity index is 1.61. The SMILES string of the molecule is CN(C)S(=O)(=O)N1CCN(c2ccc(Nc3ccccn3)nn2)CC1. The summed E-state index contributed by atoms with van der Waals surface area (Å²) in [6.45, 7) is 2.01. The van der Waals surface area contributed by atoms with Crippen molar-refractivity contribution in [3.05, 3.63) is 36.5 Å². The molecule has 1 fully saturated rings. The van der Waals surface area contributed by atoms with Gasteiger partial charge in [0.2, 0.25) is 0 Å². The highest BCUT2D eigenvalue weighted by Gasteiger charge is 2.28. The molecule has 134 valence electrons. The molecular formula is C15H21N7O2S. The fraction of sp³-hybridized carbons (Fsp3) is 0.400. The molecule has 9 nitrogen and oxygen atoms in total. The molecule has 1 saturated heterocycles. The van der Waals surface area contributed by atoms with Crippen molar-refractivity contribution in [3.63, 3.8) is 0 Å². The largest absolute Gasteiger partial charge is 0.352 e. The molecule has 3 heterocycles. The first-order valence-corrected chi connectivity index (χ1v) is 9.31. The van der Waals surface area contributed by atoms with Crippen LogP contribution < -0.4 is 10.2 Å². The third kappa shape index (κ3) is 4.03. The molecule has 3 rings (SSSR count). The lowest BCUT2D eigenvalue weighted by molar-refractivity contribution is 0.354. The van der Waals surface area contributed by atoms with Crippen LogP contribution in [0.25, 0.3) is 0 Å². The standard InChI is InChI=1S/C15H21N7O2S/c1-20(2)25(23,24)22-11-9-21(10-12-22)15-7-6-14(18-19-15)17-13-5-3-4-8-16-13/h3-8H,9-12H2,1-2H3,(H,16,17,18). The van der Waals surface area contributed by atoms with Gasteiger partial charge in [0.25, 0.3) is 10.2 Å². The van der Waals surface area contributed by atoms with Crippen LogP contribution in [0.4, 0.5) is 17.5 Å². The second-order valence-corrected chi connectivity index (χ2v) is 7.94. The van der Waals surface area contributed by atoms with Gasteiger partial charge in [-0.15, -0.1) is 10.2 Å². The number of anilines is 3. The van der Waals surface area contributed by atoms with Gasteiger partial charge in [-0.3, -0.25) is 0 Å². The lowest BCUT2D eigenvalue weighted by Crippen LogP contribution is -2.51. The fourth-order valence-corrected chi connectivity index (χ4v) is 3.59. The van der Waals surface area contributed by atoms with Crippen LogP contribution in [0.3, 0.4) is 0 Å². The van der Waals surface area contributed by atoms with Crippen molar-refractivity contribution < 1.29 is 8.42 Å². The molecule has 10 heteroatoms. The van der Waals surface area contributed by atoms with Crippen LogP contribution in [-0.2, 0) is 10.2 Å². The first-order chi connectivity index (χ1) is 12.0. The third-order valence-corrected chi connectivity index (χ3v) is 5.86. The van der Waals surface area contributed by atoms with E-state index in [9.17, 15) is 8.42 Å². The van der Waals surface area contributed by atoms with E-state index in [2.05, 4.69) is 20.5 Å². The highest BCUT2D eigenvalue weighted by atomic mass is 32.2. The summed E-state index contributed by atoms with van der Waals surface area (Å²) in [4.78, 5) is 6.20. The van der Waals surface area contributed by atoms with Crippen LogP contribution in [0.15, 0.2) is 36.5 Å². The van der Waals surface area contributed by atoms with E-state index in [4.69, 9.17) is 0 Å². The van der Waals surface area contributed by atoms with E-state index in [-0.39, 0.29) is 0 Å². The number of nitrogens with zero attached hydrogens (tertiary/aromatic N) is 6. The molecule has 0 bridgehead atoms. The summed E-state index contributed by atoms with van der Waals surface area (Å²) >= 11 is 0. The number of rotatable bonds is 5. The van der Waals surface area contributed by atoms with E-state index < -0.39 is 10.2 Å². The highest BCUT2D eigenvalue weighted by molar-refractivity contribution is 7.86. The molecule has 2 aromatic heterocycles. The van der Waals surface area contributed by atoms with E-state index >= 15 is 0 Å². The highest BCUT2D eigenvalue weighted by Crippen LogP contribution is 2.17. The summed E-state index contributed by atoms with van der Waals surface area (Å²) in [5.41, 5.74) is 0. The molecule has 0 atom stereocenters. The Morgan fingerprint density at radius 1 is 1.00 bits per heavy atom. The Morgan fingerprint density at radius 2 is 1.76 bits per heavy atom. The smallest absolute Gasteiger partial charge is 0.281 e. The molecule has 0 spiro atoms. The molecule has 1 N–H and O–H groups in total. The predicted octanol–water partition coefficient (Wildman–Crippen LogP) is 0.544. The number of hydrogen-bond acceptors (Lipinski definition) is 7. The Bertz CT molecular complexity index is 788. The van der Waals surface area contributed by atoms with Gasteiger partial charge in [-0.2, -0.15) is 17.0 Å². The van der Waals surface area contributed by atoms with Crippen molar-refractivity contribution in [2.45, 2.75) is 0 Å². The maximum absolute atomic E-state index is 12.1. The average Bonchev–Trinajstić information content (AvgIpc) is 2.63. The first kappa shape index (κ1) is 17.5. The second-order valence-electron chi connectivity index (χ2n) is 5.79. The lowest BCUT2D eigenvalue weighted by atomic mass is 10.3. The molecule has 2 aromatic rings. The number of hydrogen-bond donors (Lipinski definition) is 1. The fourth-order valence-electron chi connectivity index (χ4n) is 2.51. The molecule has 1 aliphatic heterocycles. The molecule has 0 aromatic carbocycles. The van der Waals surface area contributed by atoms with Crippen LogP contribution in [0, 0.1) is 0 Å². The zero-order valence-corrected chi connectivity index (χ0v) is 15.0. The zero-order valence-electron chi connectivity index (χ0n) is 14.2. The number of piperazine rings is 1. The molecule has 1 aliphatic rings. The minimum Gasteiger partial charge on any atom is -0.352 e. The van der Waals surface area contributed by atoms with Gasteiger partial charge in [0.1, 0.15) is 5.82 Å². The Hall–Kier alpha value is -2.30. The van der Waals surface area contributed by atoms with Gasteiger partial charge < -0.3 is 10.2 Å². The summed E-state index contributed by atoms with van der Waals surface area (Å²) in [7, 11) is -0.276. The topological polar surface area (TPSA) is 94.6 Å². The quantitative estimate of drug-likeness (QED) is 0.829. The second kappa shape index (κ2) is 7.30. The van der Waals surface area contributed by atoms with Crippen molar-refractivity contribution in [2.24, 2.45) is 0 Å². The summed E-state index contributed by atoms with van der Waals surface area (Å²) in [5, 5.41) is 11.5. The van der Waals surface area contributed by atoms with Crippen molar-refractivity contribution in [1.82, 2.24) is 23.8 Å². The molecule has 0 aliphatic carbocycles. The van der Waals surface area contributed by atoms with Gasteiger partial charge in [0.05, 0.1) is 0 Å². The third-order valence-electron chi connectivity index (χ3n) is 3.92. The molecule has 0 radical (unpaired) electrons. The molecule has 0 saturated carbocycles. The van der Waals surface area contributed by atoms with E-state index in [1.54, 1.807) is 20.3 Å². The van der Waals surface area contributed by atoms with Gasteiger partial charge in [0, 0.05) is 46.5 Å². The zero-order chi connectivity index (χ0) is 17.9. The summed E-state index contributed by atoms with van der Waals surface area (Å²) in [6, 6.07) is 9.28. The first-order valence-electron chi connectivity index (χ1n) is 7.91. The van der Waals surface area contributed by atoms with Gasteiger partial charge in [-0.05, 0) is 24.3 Å². The number of nitrogens with one attached hydrogen (secondary N) is 1.